The number of hydrogen-bond acceptors (Lipinski definition) is 7. The molecule has 0 fully saturated rings. The second kappa shape index (κ2) is 10.1. The standard InChI is InChI=1S/C26H24F3N5O3S/c1-3-33(18-9-7-17(8-10-18)26(27,28)29)25-31-20-11-13-32(15-19(20)23(35)34(25)37-4-2)24(36)21-14-16-6-5-12-30-22(16)38-21/h5-10,12,14H,3-4,11,13,15H2,1-2H3. The fourth-order valence-corrected chi connectivity index (χ4v) is 5.41. The van der Waals surface area contributed by atoms with Crippen molar-refractivity contribution >= 4 is 39.1 Å². The third kappa shape index (κ3) is 4.71. The lowest BCUT2D eigenvalue weighted by Crippen LogP contribution is -2.43. The molecule has 5 rings (SSSR count). The quantitative estimate of drug-likeness (QED) is 0.352. The number of benzene rings is 1. The molecular weight excluding hydrogens is 519 g/mol. The summed E-state index contributed by atoms with van der Waals surface area (Å²) in [5.41, 5.74) is 0.106. The number of anilines is 2. The van der Waals surface area contributed by atoms with E-state index in [0.717, 1.165) is 27.1 Å². The Kier molecular flexibility index (Phi) is 6.82. The number of fused-ring (bicyclic) bond motifs is 2. The maximum Gasteiger partial charge on any atom is 0.416 e. The summed E-state index contributed by atoms with van der Waals surface area (Å²) >= 11 is 1.30. The zero-order valence-electron chi connectivity index (χ0n) is 20.7. The molecule has 1 aliphatic rings. The van der Waals surface area contributed by atoms with Crippen molar-refractivity contribution in [2.45, 2.75) is 33.0 Å². The normalized spacial score (nSPS) is 13.4. The van der Waals surface area contributed by atoms with Crippen molar-refractivity contribution in [2.75, 3.05) is 24.6 Å². The first-order valence-electron chi connectivity index (χ1n) is 12.1. The van der Waals surface area contributed by atoms with Crippen LogP contribution in [0.3, 0.4) is 0 Å². The molecule has 3 aromatic heterocycles. The summed E-state index contributed by atoms with van der Waals surface area (Å²) in [4.78, 5) is 46.0. The smallest absolute Gasteiger partial charge is 0.408 e. The molecular formula is C26H24F3N5O3S. The van der Waals surface area contributed by atoms with Crippen molar-refractivity contribution < 1.29 is 22.8 Å². The highest BCUT2D eigenvalue weighted by Gasteiger charge is 2.32. The molecule has 1 aliphatic heterocycles. The van der Waals surface area contributed by atoms with E-state index in [0.29, 0.717) is 41.3 Å². The minimum atomic E-state index is -4.46. The van der Waals surface area contributed by atoms with Crippen LogP contribution in [0.2, 0.25) is 0 Å². The van der Waals surface area contributed by atoms with Gasteiger partial charge in [0.15, 0.2) is 0 Å². The van der Waals surface area contributed by atoms with Gasteiger partial charge in [0.2, 0.25) is 5.95 Å². The van der Waals surface area contributed by atoms with E-state index in [-0.39, 0.29) is 25.0 Å². The third-order valence-electron chi connectivity index (χ3n) is 6.29. The molecule has 8 nitrogen and oxygen atoms in total. The number of amides is 1. The van der Waals surface area contributed by atoms with Crippen LogP contribution in [0.5, 0.6) is 0 Å². The third-order valence-corrected chi connectivity index (χ3v) is 7.34. The van der Waals surface area contributed by atoms with Crippen molar-refractivity contribution in [3.8, 4) is 0 Å². The van der Waals surface area contributed by atoms with Crippen LogP contribution in [0.15, 0.2) is 53.5 Å². The van der Waals surface area contributed by atoms with E-state index >= 15 is 0 Å². The second-order valence-corrected chi connectivity index (χ2v) is 9.66. The molecule has 1 aromatic carbocycles. The maximum absolute atomic E-state index is 13.6. The second-order valence-electron chi connectivity index (χ2n) is 8.63. The monoisotopic (exact) mass is 543 g/mol. The summed E-state index contributed by atoms with van der Waals surface area (Å²) in [5, 5.41) is 0.881. The number of aromatic nitrogens is 3. The van der Waals surface area contributed by atoms with Crippen LogP contribution in [-0.2, 0) is 19.1 Å². The first kappa shape index (κ1) is 25.7. The molecule has 0 spiro atoms. The van der Waals surface area contributed by atoms with Gasteiger partial charge < -0.3 is 14.6 Å². The molecule has 0 aliphatic carbocycles. The van der Waals surface area contributed by atoms with Gasteiger partial charge in [-0.2, -0.15) is 13.2 Å². The number of hydrogen-bond donors (Lipinski definition) is 0. The lowest BCUT2D eigenvalue weighted by molar-refractivity contribution is -0.137. The lowest BCUT2D eigenvalue weighted by Gasteiger charge is -2.30. The molecule has 4 heterocycles. The van der Waals surface area contributed by atoms with E-state index in [4.69, 9.17) is 9.82 Å². The van der Waals surface area contributed by atoms with Gasteiger partial charge in [0, 0.05) is 36.8 Å². The Labute approximate surface area is 219 Å². The maximum atomic E-state index is 13.6. The van der Waals surface area contributed by atoms with Gasteiger partial charge in [-0.3, -0.25) is 9.59 Å². The average Bonchev–Trinajstić information content (AvgIpc) is 3.35. The van der Waals surface area contributed by atoms with Gasteiger partial charge in [0.05, 0.1) is 28.2 Å². The van der Waals surface area contributed by atoms with Crippen LogP contribution in [0, 0.1) is 0 Å². The fourth-order valence-electron chi connectivity index (χ4n) is 4.44. The van der Waals surface area contributed by atoms with E-state index < -0.39 is 17.3 Å². The zero-order chi connectivity index (χ0) is 27.0. The fraction of sp³-hybridized carbons (Fsp3) is 0.308. The molecule has 0 unspecified atom stereocenters. The predicted molar refractivity (Wildman–Crippen MR) is 138 cm³/mol. The van der Waals surface area contributed by atoms with Gasteiger partial charge in [-0.25, -0.2) is 9.97 Å². The van der Waals surface area contributed by atoms with Crippen LogP contribution in [0.25, 0.3) is 10.2 Å². The molecule has 1 amide bonds. The largest absolute Gasteiger partial charge is 0.416 e. The molecule has 0 radical (unpaired) electrons. The van der Waals surface area contributed by atoms with Gasteiger partial charge in [0.1, 0.15) is 11.4 Å². The lowest BCUT2D eigenvalue weighted by atomic mass is 10.1. The van der Waals surface area contributed by atoms with Gasteiger partial charge in [-0.1, -0.05) is 6.07 Å². The molecule has 0 saturated carbocycles. The molecule has 0 bridgehead atoms. The van der Waals surface area contributed by atoms with Gasteiger partial charge in [-0.05, 0) is 50.2 Å². The molecule has 0 atom stereocenters. The number of nitrogens with zero attached hydrogens (tertiary/aromatic N) is 5. The number of alkyl halides is 3. The van der Waals surface area contributed by atoms with E-state index in [1.54, 1.807) is 35.9 Å². The number of halogens is 3. The highest BCUT2D eigenvalue weighted by atomic mass is 32.1. The predicted octanol–water partition coefficient (Wildman–Crippen LogP) is 4.68. The summed E-state index contributed by atoms with van der Waals surface area (Å²) in [5.74, 6) is -0.0155. The van der Waals surface area contributed by atoms with Crippen LogP contribution >= 0.6 is 11.3 Å². The molecule has 0 saturated heterocycles. The summed E-state index contributed by atoms with van der Waals surface area (Å²) in [6.45, 7) is 4.45. The van der Waals surface area contributed by atoms with Gasteiger partial charge in [0.25, 0.3) is 11.5 Å². The summed E-state index contributed by atoms with van der Waals surface area (Å²) in [7, 11) is 0. The molecule has 38 heavy (non-hydrogen) atoms. The van der Waals surface area contributed by atoms with Crippen molar-refractivity contribution in [3.05, 3.63) is 80.7 Å². The number of carbonyl (C=O) groups excluding carboxylic acids is 1. The molecule has 198 valence electrons. The molecule has 12 heteroatoms. The van der Waals surface area contributed by atoms with Gasteiger partial charge in [-0.15, -0.1) is 16.1 Å². The topological polar surface area (TPSA) is 80.6 Å². The highest BCUT2D eigenvalue weighted by molar-refractivity contribution is 7.20. The Morgan fingerprint density at radius 2 is 1.95 bits per heavy atom. The van der Waals surface area contributed by atoms with Crippen molar-refractivity contribution in [1.82, 2.24) is 19.6 Å². The van der Waals surface area contributed by atoms with Crippen LogP contribution in [-0.4, -0.2) is 45.2 Å². The number of pyridine rings is 1. The molecule has 4 aromatic rings. The van der Waals surface area contributed by atoms with E-state index in [1.165, 1.54) is 23.5 Å². The van der Waals surface area contributed by atoms with Crippen LogP contribution in [0.1, 0.15) is 40.3 Å². The first-order chi connectivity index (χ1) is 18.2. The Balaban J connectivity index is 1.49. The van der Waals surface area contributed by atoms with Gasteiger partial charge >= 0.3 is 6.18 Å². The van der Waals surface area contributed by atoms with Crippen molar-refractivity contribution in [3.63, 3.8) is 0 Å². The van der Waals surface area contributed by atoms with E-state index in [2.05, 4.69) is 4.98 Å². The summed E-state index contributed by atoms with van der Waals surface area (Å²) in [6, 6.07) is 10.2. The highest BCUT2D eigenvalue weighted by Crippen LogP contribution is 2.32. The Morgan fingerprint density at radius 3 is 2.61 bits per heavy atom. The number of rotatable bonds is 6. The minimum Gasteiger partial charge on any atom is -0.408 e. The first-order valence-corrected chi connectivity index (χ1v) is 12.9. The van der Waals surface area contributed by atoms with E-state index in [9.17, 15) is 22.8 Å². The van der Waals surface area contributed by atoms with Crippen LogP contribution in [0.4, 0.5) is 24.8 Å². The Bertz CT molecular complexity index is 1520. The van der Waals surface area contributed by atoms with Crippen LogP contribution < -0.4 is 15.3 Å². The zero-order valence-corrected chi connectivity index (χ0v) is 21.5. The summed E-state index contributed by atoms with van der Waals surface area (Å²) in [6.07, 6.45) is -2.43. The summed E-state index contributed by atoms with van der Waals surface area (Å²) < 4.78 is 40.2. The average molecular weight is 544 g/mol. The van der Waals surface area contributed by atoms with Crippen molar-refractivity contribution in [1.29, 1.82) is 0 Å². The SMILES string of the molecule is CCOn1c(N(CC)c2ccc(C(F)(F)F)cc2)nc2c(c1=O)CN(C(=O)c1cc3cccnc3s1)CC2. The number of carbonyl (C=O) groups is 1. The van der Waals surface area contributed by atoms with E-state index in [1.807, 2.05) is 12.1 Å². The molecule has 0 N–H and O–H groups in total. The Hall–Kier alpha value is -3.93. The van der Waals surface area contributed by atoms with Crippen molar-refractivity contribution in [2.24, 2.45) is 0 Å². The number of thiophene rings is 1. The Morgan fingerprint density at radius 1 is 1.18 bits per heavy atom. The minimum absolute atomic E-state index is 0.0709.